The van der Waals surface area contributed by atoms with E-state index in [2.05, 4.69) is 0 Å². The average molecular weight is 272 g/mol. The van der Waals surface area contributed by atoms with Gasteiger partial charge in [0.05, 0.1) is 22.3 Å². The van der Waals surface area contributed by atoms with Gasteiger partial charge in [-0.15, -0.1) is 0 Å². The number of carbonyl (C=O) groups is 1. The van der Waals surface area contributed by atoms with Gasteiger partial charge in [-0.25, -0.2) is 13.2 Å². The Balaban J connectivity index is 3.28. The monoisotopic (exact) mass is 272 g/mol. The van der Waals surface area contributed by atoms with Gasteiger partial charge in [0, 0.05) is 0 Å². The summed E-state index contributed by atoms with van der Waals surface area (Å²) in [5.41, 5.74) is 0.572. The molecule has 18 heavy (non-hydrogen) atoms. The van der Waals surface area contributed by atoms with Crippen molar-refractivity contribution in [1.82, 2.24) is 0 Å². The van der Waals surface area contributed by atoms with Crippen molar-refractivity contribution in [3.63, 3.8) is 0 Å². The van der Waals surface area contributed by atoms with E-state index in [9.17, 15) is 13.2 Å². The minimum Gasteiger partial charge on any atom is -0.478 e. The number of hydrogen-bond acceptors (Lipinski definition) is 4. The summed E-state index contributed by atoms with van der Waals surface area (Å²) in [6, 6.07) is 4.03. The van der Waals surface area contributed by atoms with Crippen molar-refractivity contribution in [3.8, 4) is 0 Å². The minimum atomic E-state index is -3.65. The zero-order chi connectivity index (χ0) is 13.9. The fourth-order valence-electron chi connectivity index (χ4n) is 1.67. The molecule has 0 saturated heterocycles. The Morgan fingerprint density at radius 2 is 2.00 bits per heavy atom. The Labute approximate surface area is 106 Å². The van der Waals surface area contributed by atoms with E-state index < -0.39 is 27.7 Å². The number of aliphatic hydroxyl groups is 1. The summed E-state index contributed by atoms with van der Waals surface area (Å²) in [7, 11) is -3.65. The fourth-order valence-corrected chi connectivity index (χ4v) is 3.07. The Bertz CT molecular complexity index is 546. The largest absolute Gasteiger partial charge is 0.478 e. The molecule has 2 N–H and O–H groups in total. The Kier molecular flexibility index (Phi) is 4.48. The summed E-state index contributed by atoms with van der Waals surface area (Å²) in [5, 5.41) is 18.2. The molecule has 0 aromatic heterocycles. The first-order chi connectivity index (χ1) is 8.27. The van der Waals surface area contributed by atoms with E-state index in [-0.39, 0.29) is 10.5 Å². The smallest absolute Gasteiger partial charge is 0.336 e. The van der Waals surface area contributed by atoms with Gasteiger partial charge in [0.25, 0.3) is 0 Å². The van der Waals surface area contributed by atoms with Crippen molar-refractivity contribution >= 4 is 15.8 Å². The molecule has 0 aliphatic carbocycles. The van der Waals surface area contributed by atoms with Crippen LogP contribution in [0.3, 0.4) is 0 Å². The lowest BCUT2D eigenvalue weighted by Crippen LogP contribution is -2.18. The third-order valence-electron chi connectivity index (χ3n) is 2.51. The van der Waals surface area contributed by atoms with Crippen molar-refractivity contribution in [2.45, 2.75) is 31.3 Å². The molecule has 6 heteroatoms. The molecule has 0 spiro atoms. The highest BCUT2D eigenvalue weighted by atomic mass is 32.2. The van der Waals surface area contributed by atoms with Crippen LogP contribution in [0.1, 0.15) is 29.8 Å². The summed E-state index contributed by atoms with van der Waals surface area (Å²) in [6.45, 7) is 3.17. The Morgan fingerprint density at radius 3 is 2.44 bits per heavy atom. The molecule has 0 aliphatic rings. The zero-order valence-corrected chi connectivity index (χ0v) is 11.1. The third-order valence-corrected chi connectivity index (χ3v) is 4.41. The molecule has 100 valence electrons. The normalized spacial score (nSPS) is 13.3. The first kappa shape index (κ1) is 14.7. The van der Waals surface area contributed by atoms with E-state index in [4.69, 9.17) is 10.2 Å². The van der Waals surface area contributed by atoms with Gasteiger partial charge in [0.2, 0.25) is 0 Å². The number of sulfone groups is 1. The van der Waals surface area contributed by atoms with Crippen LogP contribution in [0.4, 0.5) is 0 Å². The van der Waals surface area contributed by atoms with Gasteiger partial charge in [-0.2, -0.15) is 0 Å². The van der Waals surface area contributed by atoms with E-state index in [1.165, 1.54) is 19.1 Å². The topological polar surface area (TPSA) is 91.7 Å². The number of hydrogen-bond donors (Lipinski definition) is 2. The van der Waals surface area contributed by atoms with Gasteiger partial charge in [0.15, 0.2) is 9.84 Å². The number of rotatable bonds is 5. The zero-order valence-electron chi connectivity index (χ0n) is 10.3. The number of carboxylic acids is 1. The quantitative estimate of drug-likeness (QED) is 0.837. The van der Waals surface area contributed by atoms with Gasteiger partial charge in [0.1, 0.15) is 0 Å². The highest BCUT2D eigenvalue weighted by Gasteiger charge is 2.20. The molecule has 1 rings (SSSR count). The molecule has 0 heterocycles. The van der Waals surface area contributed by atoms with Crippen LogP contribution in [0.25, 0.3) is 0 Å². The molecular weight excluding hydrogens is 256 g/mol. The molecule has 0 radical (unpaired) electrons. The maximum absolute atomic E-state index is 11.9. The third kappa shape index (κ3) is 3.30. The van der Waals surface area contributed by atoms with Crippen molar-refractivity contribution in [1.29, 1.82) is 0 Å². The average Bonchev–Trinajstić information content (AvgIpc) is 2.26. The summed E-state index contributed by atoms with van der Waals surface area (Å²) in [6.07, 6.45) is -0.479. The second-order valence-electron chi connectivity index (χ2n) is 4.11. The molecule has 1 aromatic rings. The number of aromatic carboxylic acids is 1. The molecule has 0 amide bonds. The second-order valence-corrected chi connectivity index (χ2v) is 6.14. The van der Waals surface area contributed by atoms with E-state index in [1.54, 1.807) is 6.92 Å². The molecule has 0 aliphatic heterocycles. The van der Waals surface area contributed by atoms with Crippen LogP contribution in [-0.2, 0) is 16.3 Å². The first-order valence-electron chi connectivity index (χ1n) is 5.55. The fraction of sp³-hybridized carbons (Fsp3) is 0.417. The standard InChI is InChI=1S/C12H16O5S/c1-3-9-4-5-10(6-11(9)12(14)15)18(16,17)7-8(2)13/h4-6,8,13H,3,7H2,1-2H3,(H,14,15). The maximum Gasteiger partial charge on any atom is 0.336 e. The lowest BCUT2D eigenvalue weighted by molar-refractivity contribution is 0.0695. The summed E-state index contributed by atoms with van der Waals surface area (Å²) >= 11 is 0. The van der Waals surface area contributed by atoms with Crippen LogP contribution in [0.5, 0.6) is 0 Å². The van der Waals surface area contributed by atoms with E-state index in [1.807, 2.05) is 0 Å². The van der Waals surface area contributed by atoms with Gasteiger partial charge < -0.3 is 10.2 Å². The van der Waals surface area contributed by atoms with Gasteiger partial charge in [-0.05, 0) is 31.0 Å². The Hall–Kier alpha value is -1.40. The molecular formula is C12H16O5S. The molecule has 1 aromatic carbocycles. The number of aryl methyl sites for hydroxylation is 1. The van der Waals surface area contributed by atoms with Crippen LogP contribution in [0, 0.1) is 0 Å². The predicted molar refractivity (Wildman–Crippen MR) is 66.5 cm³/mol. The van der Waals surface area contributed by atoms with Crippen LogP contribution < -0.4 is 0 Å². The maximum atomic E-state index is 11.9. The van der Waals surface area contributed by atoms with Gasteiger partial charge >= 0.3 is 5.97 Å². The van der Waals surface area contributed by atoms with Crippen LogP contribution in [0.2, 0.25) is 0 Å². The number of aliphatic hydroxyl groups excluding tert-OH is 1. The van der Waals surface area contributed by atoms with Crippen LogP contribution in [-0.4, -0.2) is 36.5 Å². The molecule has 1 unspecified atom stereocenters. The van der Waals surface area contributed by atoms with Gasteiger partial charge in [-0.1, -0.05) is 13.0 Å². The molecule has 1 atom stereocenters. The second kappa shape index (κ2) is 5.49. The predicted octanol–water partition coefficient (Wildman–Crippen LogP) is 1.10. The SMILES string of the molecule is CCc1ccc(S(=O)(=O)CC(C)O)cc1C(=O)O. The summed E-state index contributed by atoms with van der Waals surface area (Å²) < 4.78 is 23.7. The van der Waals surface area contributed by atoms with E-state index >= 15 is 0 Å². The lowest BCUT2D eigenvalue weighted by atomic mass is 10.1. The van der Waals surface area contributed by atoms with Crippen molar-refractivity contribution in [2.75, 3.05) is 5.75 Å². The molecule has 0 bridgehead atoms. The van der Waals surface area contributed by atoms with Crippen molar-refractivity contribution in [2.24, 2.45) is 0 Å². The van der Waals surface area contributed by atoms with Gasteiger partial charge in [-0.3, -0.25) is 0 Å². The highest BCUT2D eigenvalue weighted by Crippen LogP contribution is 2.18. The minimum absolute atomic E-state index is 0.0100. The van der Waals surface area contributed by atoms with Crippen LogP contribution >= 0.6 is 0 Å². The lowest BCUT2D eigenvalue weighted by Gasteiger charge is -2.09. The molecule has 0 fully saturated rings. The van der Waals surface area contributed by atoms with Crippen molar-refractivity contribution in [3.05, 3.63) is 29.3 Å². The van der Waals surface area contributed by atoms with Crippen LogP contribution in [0.15, 0.2) is 23.1 Å². The van der Waals surface area contributed by atoms with E-state index in [0.29, 0.717) is 12.0 Å². The molecule has 0 saturated carbocycles. The summed E-state index contributed by atoms with van der Waals surface area (Å²) in [4.78, 5) is 11.0. The van der Waals surface area contributed by atoms with Crippen molar-refractivity contribution < 1.29 is 23.4 Å². The van der Waals surface area contributed by atoms with E-state index in [0.717, 1.165) is 6.07 Å². The first-order valence-corrected chi connectivity index (χ1v) is 7.20. The summed E-state index contributed by atoms with van der Waals surface area (Å²) in [5.74, 6) is -1.57. The Morgan fingerprint density at radius 1 is 1.39 bits per heavy atom. The highest BCUT2D eigenvalue weighted by molar-refractivity contribution is 7.91. The molecule has 5 nitrogen and oxygen atoms in total. The number of benzene rings is 1. The number of carboxylic acid groups (broad SMARTS) is 1.